The Balaban J connectivity index is 3.00. The number of carbonyl (C=O) groups is 4. The molecule has 0 radical (unpaired) electrons. The van der Waals surface area contributed by atoms with Crippen LogP contribution in [0.1, 0.15) is 53.5 Å². The third kappa shape index (κ3) is 9.94. The highest BCUT2D eigenvalue weighted by atomic mass is 16.4. The third-order valence-electron chi connectivity index (χ3n) is 5.60. The molecule has 0 aliphatic rings. The summed E-state index contributed by atoms with van der Waals surface area (Å²) in [6, 6.07) is 2.08. The molecule has 0 fully saturated rings. The Morgan fingerprint density at radius 2 is 1.34 bits per heavy atom. The predicted molar refractivity (Wildman–Crippen MR) is 132 cm³/mol. The number of hydrogen-bond donors (Lipinski definition) is 6. The standard InChI is InChI=1S/C25H40N4O6/c1-13(2)11-18(27-24(33)21(15(5)6)29-23(32)20(26)14(3)4)22(31)28-19(25(34)35)12-16-7-9-17(30)10-8-16/h7-10,13-15,18-21,30H,11-12,26H2,1-6H3,(H,27,33)(H,28,31)(H,29,32)(H,34,35). The van der Waals surface area contributed by atoms with Gasteiger partial charge in [0.1, 0.15) is 23.9 Å². The first-order valence-electron chi connectivity index (χ1n) is 11.9. The van der Waals surface area contributed by atoms with Crippen molar-refractivity contribution in [2.24, 2.45) is 23.5 Å². The van der Waals surface area contributed by atoms with Gasteiger partial charge in [0.2, 0.25) is 17.7 Å². The summed E-state index contributed by atoms with van der Waals surface area (Å²) in [5.74, 6) is -3.19. The van der Waals surface area contributed by atoms with Crippen LogP contribution in [-0.2, 0) is 25.6 Å². The molecule has 35 heavy (non-hydrogen) atoms. The van der Waals surface area contributed by atoms with Gasteiger partial charge < -0.3 is 31.9 Å². The average Bonchev–Trinajstić information content (AvgIpc) is 2.76. The van der Waals surface area contributed by atoms with E-state index in [1.54, 1.807) is 39.8 Å². The van der Waals surface area contributed by atoms with Gasteiger partial charge in [0.05, 0.1) is 6.04 Å². The lowest BCUT2D eigenvalue weighted by atomic mass is 9.98. The maximum absolute atomic E-state index is 13.1. The Hall–Kier alpha value is -3.14. The molecule has 4 atom stereocenters. The number of carbonyl (C=O) groups excluding carboxylic acids is 3. The predicted octanol–water partition coefficient (Wildman–Crippen LogP) is 1.16. The van der Waals surface area contributed by atoms with Gasteiger partial charge in [-0.3, -0.25) is 14.4 Å². The minimum atomic E-state index is -1.23. The molecule has 1 aromatic rings. The van der Waals surface area contributed by atoms with E-state index < -0.39 is 47.9 Å². The van der Waals surface area contributed by atoms with Crippen molar-refractivity contribution in [3.8, 4) is 5.75 Å². The van der Waals surface area contributed by atoms with Gasteiger partial charge in [-0.15, -0.1) is 0 Å². The Labute approximate surface area is 207 Å². The maximum atomic E-state index is 13.1. The van der Waals surface area contributed by atoms with Crippen molar-refractivity contribution in [3.05, 3.63) is 29.8 Å². The minimum Gasteiger partial charge on any atom is -0.508 e. The third-order valence-corrected chi connectivity index (χ3v) is 5.60. The Kier molecular flexibility index (Phi) is 11.7. The lowest BCUT2D eigenvalue weighted by Gasteiger charge is -2.28. The second kappa shape index (κ2) is 13.7. The molecule has 4 unspecified atom stereocenters. The van der Waals surface area contributed by atoms with Crippen LogP contribution >= 0.6 is 0 Å². The minimum absolute atomic E-state index is 0.00145. The molecule has 0 aliphatic carbocycles. The molecule has 0 spiro atoms. The first-order valence-corrected chi connectivity index (χ1v) is 11.9. The van der Waals surface area contributed by atoms with Crippen LogP contribution < -0.4 is 21.7 Å². The van der Waals surface area contributed by atoms with Crippen LogP contribution in [0.4, 0.5) is 0 Å². The zero-order valence-corrected chi connectivity index (χ0v) is 21.4. The highest BCUT2D eigenvalue weighted by Gasteiger charge is 2.32. The fourth-order valence-corrected chi connectivity index (χ4v) is 3.39. The number of phenolic OH excluding ortho intramolecular Hbond substituents is 1. The molecular weight excluding hydrogens is 452 g/mol. The summed E-state index contributed by atoms with van der Waals surface area (Å²) in [5, 5.41) is 26.9. The van der Waals surface area contributed by atoms with Gasteiger partial charge in [0.25, 0.3) is 0 Å². The molecular formula is C25H40N4O6. The number of aromatic hydroxyl groups is 1. The smallest absolute Gasteiger partial charge is 0.326 e. The largest absolute Gasteiger partial charge is 0.508 e. The van der Waals surface area contributed by atoms with Crippen molar-refractivity contribution < 1.29 is 29.4 Å². The monoisotopic (exact) mass is 492 g/mol. The van der Waals surface area contributed by atoms with Crippen LogP contribution in [0.25, 0.3) is 0 Å². The molecule has 1 rings (SSSR count). The van der Waals surface area contributed by atoms with E-state index in [2.05, 4.69) is 16.0 Å². The van der Waals surface area contributed by atoms with Crippen LogP contribution in [0.5, 0.6) is 5.75 Å². The number of nitrogens with two attached hydrogens (primary N) is 1. The van der Waals surface area contributed by atoms with E-state index in [4.69, 9.17) is 5.73 Å². The Morgan fingerprint density at radius 3 is 1.80 bits per heavy atom. The lowest BCUT2D eigenvalue weighted by Crippen LogP contribution is -2.59. The molecule has 3 amide bonds. The molecule has 10 heteroatoms. The maximum Gasteiger partial charge on any atom is 0.326 e. The number of benzene rings is 1. The zero-order valence-electron chi connectivity index (χ0n) is 21.4. The summed E-state index contributed by atoms with van der Waals surface area (Å²) < 4.78 is 0. The molecule has 196 valence electrons. The van der Waals surface area contributed by atoms with Crippen LogP contribution in [0, 0.1) is 17.8 Å². The van der Waals surface area contributed by atoms with E-state index in [0.717, 1.165) is 0 Å². The van der Waals surface area contributed by atoms with Crippen molar-refractivity contribution in [1.29, 1.82) is 0 Å². The average molecular weight is 493 g/mol. The molecule has 7 N–H and O–H groups in total. The fraction of sp³-hybridized carbons (Fsp3) is 0.600. The number of carboxylic acid groups (broad SMARTS) is 1. The van der Waals surface area contributed by atoms with Crippen LogP contribution in [-0.4, -0.2) is 58.1 Å². The highest BCUT2D eigenvalue weighted by Crippen LogP contribution is 2.13. The van der Waals surface area contributed by atoms with Crippen molar-refractivity contribution in [1.82, 2.24) is 16.0 Å². The van der Waals surface area contributed by atoms with Crippen molar-refractivity contribution in [3.63, 3.8) is 0 Å². The van der Waals surface area contributed by atoms with Crippen LogP contribution in [0.3, 0.4) is 0 Å². The van der Waals surface area contributed by atoms with Gasteiger partial charge in [-0.05, 0) is 41.9 Å². The zero-order chi connectivity index (χ0) is 26.9. The molecule has 1 aromatic carbocycles. The quantitative estimate of drug-likeness (QED) is 0.240. The van der Waals surface area contributed by atoms with E-state index in [0.29, 0.717) is 5.56 Å². The lowest BCUT2D eigenvalue weighted by molar-refractivity contribution is -0.142. The fourth-order valence-electron chi connectivity index (χ4n) is 3.39. The second-order valence-corrected chi connectivity index (χ2v) is 9.96. The van der Waals surface area contributed by atoms with E-state index in [1.165, 1.54) is 12.1 Å². The summed E-state index contributed by atoms with van der Waals surface area (Å²) in [7, 11) is 0. The topological polar surface area (TPSA) is 171 Å². The summed E-state index contributed by atoms with van der Waals surface area (Å²) >= 11 is 0. The van der Waals surface area contributed by atoms with Gasteiger partial charge >= 0.3 is 5.97 Å². The summed E-state index contributed by atoms with van der Waals surface area (Å²) in [6.45, 7) is 10.9. The SMILES string of the molecule is CC(C)CC(NC(=O)C(NC(=O)C(N)C(C)C)C(C)C)C(=O)NC(Cc1ccc(O)cc1)C(=O)O. The number of aliphatic carboxylic acids is 1. The molecule has 0 saturated heterocycles. The van der Waals surface area contributed by atoms with Gasteiger partial charge in [-0.2, -0.15) is 0 Å². The van der Waals surface area contributed by atoms with Crippen LogP contribution in [0.15, 0.2) is 24.3 Å². The number of amides is 3. The first-order chi connectivity index (χ1) is 16.2. The molecule has 0 heterocycles. The Morgan fingerprint density at radius 1 is 0.800 bits per heavy atom. The molecule has 0 aliphatic heterocycles. The number of phenols is 1. The van der Waals surface area contributed by atoms with Crippen molar-refractivity contribution in [2.45, 2.75) is 78.6 Å². The second-order valence-electron chi connectivity index (χ2n) is 9.96. The van der Waals surface area contributed by atoms with Gasteiger partial charge in [-0.1, -0.05) is 53.7 Å². The normalized spacial score (nSPS) is 14.8. The summed E-state index contributed by atoms with van der Waals surface area (Å²) in [5.41, 5.74) is 6.52. The van der Waals surface area contributed by atoms with E-state index in [9.17, 15) is 29.4 Å². The molecule has 0 bridgehead atoms. The Bertz CT molecular complexity index is 869. The number of carboxylic acids is 1. The first kappa shape index (κ1) is 29.9. The molecule has 0 aromatic heterocycles. The number of nitrogens with one attached hydrogen (secondary N) is 3. The van der Waals surface area contributed by atoms with E-state index in [-0.39, 0.29) is 36.3 Å². The van der Waals surface area contributed by atoms with Gasteiger partial charge in [0, 0.05) is 6.42 Å². The van der Waals surface area contributed by atoms with Gasteiger partial charge in [0.15, 0.2) is 0 Å². The van der Waals surface area contributed by atoms with Crippen molar-refractivity contribution >= 4 is 23.7 Å². The van der Waals surface area contributed by atoms with Crippen molar-refractivity contribution in [2.75, 3.05) is 0 Å². The summed E-state index contributed by atoms with van der Waals surface area (Å²) in [6.07, 6.45) is 0.273. The number of hydrogen-bond acceptors (Lipinski definition) is 6. The molecule has 10 nitrogen and oxygen atoms in total. The highest BCUT2D eigenvalue weighted by molar-refractivity contribution is 5.94. The number of rotatable bonds is 13. The molecule has 0 saturated carbocycles. The summed E-state index contributed by atoms with van der Waals surface area (Å²) in [4.78, 5) is 50.4. The van der Waals surface area contributed by atoms with E-state index in [1.807, 2.05) is 13.8 Å². The van der Waals surface area contributed by atoms with E-state index >= 15 is 0 Å². The van der Waals surface area contributed by atoms with Crippen LogP contribution in [0.2, 0.25) is 0 Å². The van der Waals surface area contributed by atoms with Gasteiger partial charge in [-0.25, -0.2) is 4.79 Å².